The standard InChI is InChI=1S/C12H20N2O6/c1-12(2)7-20-6-5-14(12)11(19)13-8(10(17)18)3-4-9(15)16/h8H,3-7H2,1-2H3,(H,13,19)(H,15,16)(H,17,18). The molecule has 1 saturated heterocycles. The summed E-state index contributed by atoms with van der Waals surface area (Å²) in [7, 11) is 0. The zero-order chi connectivity index (χ0) is 15.3. The first-order chi connectivity index (χ1) is 9.24. The van der Waals surface area contributed by atoms with Gasteiger partial charge in [0.1, 0.15) is 6.04 Å². The third kappa shape index (κ3) is 4.37. The van der Waals surface area contributed by atoms with E-state index in [2.05, 4.69) is 5.32 Å². The molecular weight excluding hydrogens is 268 g/mol. The Hall–Kier alpha value is -1.83. The van der Waals surface area contributed by atoms with Crippen LogP contribution in [0.3, 0.4) is 0 Å². The Morgan fingerprint density at radius 1 is 1.35 bits per heavy atom. The lowest BCUT2D eigenvalue weighted by atomic mass is 10.0. The Morgan fingerprint density at radius 3 is 2.50 bits per heavy atom. The number of morpholine rings is 1. The summed E-state index contributed by atoms with van der Waals surface area (Å²) in [5, 5.41) is 20.0. The average Bonchev–Trinajstić information content (AvgIpc) is 2.32. The molecule has 0 saturated carbocycles. The Morgan fingerprint density at radius 2 is 2.00 bits per heavy atom. The molecule has 8 heteroatoms. The number of hydrogen-bond donors (Lipinski definition) is 3. The molecule has 0 aromatic rings. The fourth-order valence-corrected chi connectivity index (χ4v) is 1.99. The second-order valence-corrected chi connectivity index (χ2v) is 5.29. The number of hydrogen-bond acceptors (Lipinski definition) is 4. The van der Waals surface area contributed by atoms with Gasteiger partial charge in [0.25, 0.3) is 0 Å². The highest BCUT2D eigenvalue weighted by Gasteiger charge is 2.35. The molecule has 1 heterocycles. The van der Waals surface area contributed by atoms with Crippen LogP contribution in [0.5, 0.6) is 0 Å². The maximum atomic E-state index is 12.1. The van der Waals surface area contributed by atoms with Crippen molar-refractivity contribution in [3.05, 3.63) is 0 Å². The predicted octanol–water partition coefficient (Wildman–Crippen LogP) is 0.125. The molecule has 0 aliphatic carbocycles. The molecule has 114 valence electrons. The van der Waals surface area contributed by atoms with Gasteiger partial charge in [0.15, 0.2) is 0 Å². The van der Waals surface area contributed by atoms with Crippen molar-refractivity contribution in [2.24, 2.45) is 0 Å². The zero-order valence-corrected chi connectivity index (χ0v) is 11.6. The molecule has 1 fully saturated rings. The first-order valence-electron chi connectivity index (χ1n) is 6.34. The van der Waals surface area contributed by atoms with E-state index in [0.717, 1.165) is 0 Å². The Bertz CT molecular complexity index is 395. The average molecular weight is 288 g/mol. The van der Waals surface area contributed by atoms with Crippen LogP contribution in [0.4, 0.5) is 4.79 Å². The molecule has 3 N–H and O–H groups in total. The van der Waals surface area contributed by atoms with E-state index in [-0.39, 0.29) is 12.8 Å². The van der Waals surface area contributed by atoms with Crippen molar-refractivity contribution in [1.82, 2.24) is 10.2 Å². The minimum absolute atomic E-state index is 0.152. The quantitative estimate of drug-likeness (QED) is 0.662. The number of carbonyl (C=O) groups excluding carboxylic acids is 1. The normalized spacial score (nSPS) is 19.2. The SMILES string of the molecule is CC1(C)COCCN1C(=O)NC(CCC(=O)O)C(=O)O. The summed E-state index contributed by atoms with van der Waals surface area (Å²) >= 11 is 0. The van der Waals surface area contributed by atoms with E-state index in [0.29, 0.717) is 19.8 Å². The van der Waals surface area contributed by atoms with Gasteiger partial charge >= 0.3 is 18.0 Å². The minimum atomic E-state index is -1.24. The van der Waals surface area contributed by atoms with Gasteiger partial charge in [-0.1, -0.05) is 0 Å². The molecule has 1 aliphatic heterocycles. The van der Waals surface area contributed by atoms with Crippen molar-refractivity contribution in [2.75, 3.05) is 19.8 Å². The first kappa shape index (κ1) is 16.2. The molecule has 1 aliphatic rings. The van der Waals surface area contributed by atoms with Crippen molar-refractivity contribution in [3.8, 4) is 0 Å². The van der Waals surface area contributed by atoms with Crippen molar-refractivity contribution in [2.45, 2.75) is 38.3 Å². The maximum Gasteiger partial charge on any atom is 0.326 e. The van der Waals surface area contributed by atoms with Gasteiger partial charge in [-0.15, -0.1) is 0 Å². The number of aliphatic carboxylic acids is 2. The number of nitrogens with one attached hydrogen (secondary N) is 1. The third-order valence-corrected chi connectivity index (χ3v) is 3.13. The van der Waals surface area contributed by atoms with Gasteiger partial charge in [-0.3, -0.25) is 4.79 Å². The lowest BCUT2D eigenvalue weighted by Gasteiger charge is -2.42. The fourth-order valence-electron chi connectivity index (χ4n) is 1.99. The summed E-state index contributed by atoms with van der Waals surface area (Å²) in [5.74, 6) is -2.34. The van der Waals surface area contributed by atoms with Crippen molar-refractivity contribution >= 4 is 18.0 Å². The third-order valence-electron chi connectivity index (χ3n) is 3.13. The molecule has 0 bridgehead atoms. The van der Waals surface area contributed by atoms with Gasteiger partial charge in [0.2, 0.25) is 0 Å². The van der Waals surface area contributed by atoms with Crippen LogP contribution in [0.2, 0.25) is 0 Å². The molecule has 2 amide bonds. The molecule has 1 atom stereocenters. The van der Waals surface area contributed by atoms with Crippen LogP contribution in [-0.2, 0) is 14.3 Å². The summed E-state index contributed by atoms with van der Waals surface area (Å²) in [6.07, 6.45) is -0.467. The van der Waals surface area contributed by atoms with E-state index in [1.54, 1.807) is 0 Å². The highest BCUT2D eigenvalue weighted by molar-refractivity contribution is 5.83. The largest absolute Gasteiger partial charge is 0.481 e. The number of nitrogens with zero attached hydrogens (tertiary/aromatic N) is 1. The van der Waals surface area contributed by atoms with Crippen molar-refractivity contribution in [3.63, 3.8) is 0 Å². The smallest absolute Gasteiger partial charge is 0.326 e. The molecule has 0 aromatic heterocycles. The number of urea groups is 1. The number of ether oxygens (including phenoxy) is 1. The molecule has 1 unspecified atom stereocenters. The van der Waals surface area contributed by atoms with Gasteiger partial charge in [-0.05, 0) is 20.3 Å². The minimum Gasteiger partial charge on any atom is -0.481 e. The molecular formula is C12H20N2O6. The second-order valence-electron chi connectivity index (χ2n) is 5.29. The van der Waals surface area contributed by atoms with E-state index in [4.69, 9.17) is 14.9 Å². The van der Waals surface area contributed by atoms with E-state index in [1.807, 2.05) is 13.8 Å². The van der Waals surface area contributed by atoms with Crippen LogP contribution in [-0.4, -0.2) is 64.4 Å². The molecule has 1 rings (SSSR count). The monoisotopic (exact) mass is 288 g/mol. The highest BCUT2D eigenvalue weighted by atomic mass is 16.5. The highest BCUT2D eigenvalue weighted by Crippen LogP contribution is 2.19. The number of carboxylic acid groups (broad SMARTS) is 2. The van der Waals surface area contributed by atoms with Gasteiger partial charge in [-0.25, -0.2) is 9.59 Å². The number of carbonyl (C=O) groups is 3. The van der Waals surface area contributed by atoms with Gasteiger partial charge < -0.3 is 25.2 Å². The summed E-state index contributed by atoms with van der Waals surface area (Å²) in [6.45, 7) is 4.76. The fraction of sp³-hybridized carbons (Fsp3) is 0.750. The summed E-state index contributed by atoms with van der Waals surface area (Å²) in [6, 6.07) is -1.73. The summed E-state index contributed by atoms with van der Waals surface area (Å²) < 4.78 is 5.28. The molecule has 8 nitrogen and oxygen atoms in total. The Labute approximate surface area is 116 Å². The van der Waals surface area contributed by atoms with Crippen molar-refractivity contribution in [1.29, 1.82) is 0 Å². The Kier molecular flexibility index (Phi) is 5.32. The molecule has 0 aromatic carbocycles. The first-order valence-corrected chi connectivity index (χ1v) is 6.34. The van der Waals surface area contributed by atoms with E-state index in [9.17, 15) is 14.4 Å². The zero-order valence-electron chi connectivity index (χ0n) is 11.6. The van der Waals surface area contributed by atoms with Crippen LogP contribution in [0.1, 0.15) is 26.7 Å². The maximum absolute atomic E-state index is 12.1. The van der Waals surface area contributed by atoms with Gasteiger partial charge in [0.05, 0.1) is 18.8 Å². The number of rotatable bonds is 5. The predicted molar refractivity (Wildman–Crippen MR) is 68.4 cm³/mol. The van der Waals surface area contributed by atoms with Gasteiger partial charge in [0, 0.05) is 13.0 Å². The van der Waals surface area contributed by atoms with Crippen LogP contribution in [0.25, 0.3) is 0 Å². The lowest BCUT2D eigenvalue weighted by Crippen LogP contribution is -2.60. The summed E-state index contributed by atoms with van der Waals surface area (Å²) in [5.41, 5.74) is -0.530. The molecule has 20 heavy (non-hydrogen) atoms. The van der Waals surface area contributed by atoms with E-state index >= 15 is 0 Å². The van der Waals surface area contributed by atoms with E-state index < -0.39 is 29.6 Å². The number of amides is 2. The lowest BCUT2D eigenvalue weighted by molar-refractivity contribution is -0.140. The molecule has 0 spiro atoms. The van der Waals surface area contributed by atoms with Crippen LogP contribution in [0, 0.1) is 0 Å². The second kappa shape index (κ2) is 6.56. The van der Waals surface area contributed by atoms with E-state index in [1.165, 1.54) is 4.90 Å². The van der Waals surface area contributed by atoms with Crippen LogP contribution in [0.15, 0.2) is 0 Å². The van der Waals surface area contributed by atoms with Crippen LogP contribution >= 0.6 is 0 Å². The topological polar surface area (TPSA) is 116 Å². The molecule has 0 radical (unpaired) electrons. The van der Waals surface area contributed by atoms with Crippen LogP contribution < -0.4 is 5.32 Å². The summed E-state index contributed by atoms with van der Waals surface area (Å²) in [4.78, 5) is 35.2. The number of carboxylic acids is 2. The van der Waals surface area contributed by atoms with Crippen molar-refractivity contribution < 1.29 is 29.3 Å². The Balaban J connectivity index is 2.65. The van der Waals surface area contributed by atoms with Gasteiger partial charge in [-0.2, -0.15) is 0 Å².